The van der Waals surface area contributed by atoms with Gasteiger partial charge in [-0.15, -0.1) is 11.8 Å². The van der Waals surface area contributed by atoms with Gasteiger partial charge in [0.05, 0.1) is 19.3 Å². The third kappa shape index (κ3) is 10.4. The fourth-order valence-corrected chi connectivity index (χ4v) is 3.65. The van der Waals surface area contributed by atoms with Gasteiger partial charge in [0.2, 0.25) is 0 Å². The van der Waals surface area contributed by atoms with E-state index in [1.54, 1.807) is 20.8 Å². The van der Waals surface area contributed by atoms with Crippen LogP contribution in [0.1, 0.15) is 79.0 Å². The summed E-state index contributed by atoms with van der Waals surface area (Å²) in [6, 6.07) is 3.78. The lowest BCUT2D eigenvalue weighted by Gasteiger charge is -2.30. The van der Waals surface area contributed by atoms with Crippen LogP contribution in [0, 0.1) is 0 Å². The number of benzene rings is 1. The number of rotatable bonds is 8. The number of ether oxygens (including phenoxy) is 4. The minimum absolute atomic E-state index is 0.0839. The van der Waals surface area contributed by atoms with Crippen molar-refractivity contribution >= 4 is 29.9 Å². The van der Waals surface area contributed by atoms with Gasteiger partial charge in [-0.1, -0.05) is 53.7 Å². The zero-order valence-electron chi connectivity index (χ0n) is 22.2. The molecule has 34 heavy (non-hydrogen) atoms. The van der Waals surface area contributed by atoms with E-state index in [2.05, 4.69) is 4.74 Å². The van der Waals surface area contributed by atoms with Crippen LogP contribution in [-0.4, -0.2) is 48.9 Å². The molecule has 0 saturated heterocycles. The largest absolute Gasteiger partial charge is 0.514 e. The Bertz CT molecular complexity index is 836. The lowest BCUT2D eigenvalue weighted by atomic mass is 9.78. The molecular formula is C26H40O7S. The quantitative estimate of drug-likeness (QED) is 0.199. The molecule has 0 aliphatic carbocycles. The van der Waals surface area contributed by atoms with Crippen molar-refractivity contribution in [3.8, 4) is 5.75 Å². The van der Waals surface area contributed by atoms with Gasteiger partial charge in [-0.05, 0) is 37.2 Å². The molecule has 0 N–H and O–H groups in total. The van der Waals surface area contributed by atoms with Gasteiger partial charge in [0.25, 0.3) is 0 Å². The first kappa shape index (κ1) is 29.8. The molecule has 0 bridgehead atoms. The van der Waals surface area contributed by atoms with Crippen LogP contribution in [0.4, 0.5) is 4.79 Å². The van der Waals surface area contributed by atoms with Gasteiger partial charge in [-0.25, -0.2) is 4.79 Å². The van der Waals surface area contributed by atoms with Crippen LogP contribution < -0.4 is 4.74 Å². The fraction of sp³-hybridized carbons (Fsp3) is 0.654. The van der Waals surface area contributed by atoms with Crippen molar-refractivity contribution < 1.29 is 33.3 Å². The molecule has 0 unspecified atom stereocenters. The van der Waals surface area contributed by atoms with Crippen LogP contribution in [-0.2, 0) is 41.1 Å². The molecule has 0 radical (unpaired) electrons. The average molecular weight is 497 g/mol. The summed E-state index contributed by atoms with van der Waals surface area (Å²) in [5, 5.41) is 0. The SMILES string of the molecule is COC(=O)CSCCOC(=O)Cc1cc(C(C)(C)C)c(OC(=O)OC(C)(C)C)c(C(C)(C)C)c1. The zero-order chi connectivity index (χ0) is 26.3. The Labute approximate surface area is 208 Å². The Hall–Kier alpha value is -2.22. The first-order chi connectivity index (χ1) is 15.4. The third-order valence-electron chi connectivity index (χ3n) is 4.63. The number of carbonyl (C=O) groups is 3. The maximum absolute atomic E-state index is 12.5. The second-order valence-electron chi connectivity index (χ2n) is 11.1. The molecule has 1 rings (SSSR count). The first-order valence-electron chi connectivity index (χ1n) is 11.3. The molecule has 0 aromatic heterocycles. The highest BCUT2D eigenvalue weighted by Gasteiger charge is 2.31. The van der Waals surface area contributed by atoms with Crippen molar-refractivity contribution in [1.29, 1.82) is 0 Å². The van der Waals surface area contributed by atoms with Crippen LogP contribution in [0.3, 0.4) is 0 Å². The number of methoxy groups -OCH3 is 1. The van der Waals surface area contributed by atoms with E-state index in [1.165, 1.54) is 18.9 Å². The Morgan fingerprint density at radius 3 is 1.82 bits per heavy atom. The molecular weight excluding hydrogens is 456 g/mol. The van der Waals surface area contributed by atoms with E-state index in [4.69, 9.17) is 14.2 Å². The van der Waals surface area contributed by atoms with Gasteiger partial charge in [0.15, 0.2) is 0 Å². The number of esters is 2. The molecule has 0 amide bonds. The maximum atomic E-state index is 12.5. The smallest absolute Gasteiger partial charge is 0.468 e. The van der Waals surface area contributed by atoms with E-state index in [1.807, 2.05) is 53.7 Å². The van der Waals surface area contributed by atoms with Crippen molar-refractivity contribution in [3.63, 3.8) is 0 Å². The Kier molecular flexibility index (Phi) is 10.5. The van der Waals surface area contributed by atoms with Crippen molar-refractivity contribution in [1.82, 2.24) is 0 Å². The van der Waals surface area contributed by atoms with Crippen molar-refractivity contribution in [2.75, 3.05) is 25.2 Å². The van der Waals surface area contributed by atoms with E-state index in [9.17, 15) is 14.4 Å². The van der Waals surface area contributed by atoms with Gasteiger partial charge in [0.1, 0.15) is 18.0 Å². The molecule has 0 atom stereocenters. The molecule has 1 aromatic rings. The fourth-order valence-electron chi connectivity index (χ4n) is 3.02. The molecule has 0 aliphatic rings. The van der Waals surface area contributed by atoms with Gasteiger partial charge in [-0.2, -0.15) is 0 Å². The average Bonchev–Trinajstić information content (AvgIpc) is 2.65. The summed E-state index contributed by atoms with van der Waals surface area (Å²) in [5.41, 5.74) is 0.992. The monoisotopic (exact) mass is 496 g/mol. The number of hydrogen-bond donors (Lipinski definition) is 0. The molecule has 0 heterocycles. The lowest BCUT2D eigenvalue weighted by molar-refractivity contribution is -0.142. The van der Waals surface area contributed by atoms with Crippen LogP contribution in [0.2, 0.25) is 0 Å². The zero-order valence-corrected chi connectivity index (χ0v) is 23.1. The van der Waals surface area contributed by atoms with Crippen LogP contribution in [0.5, 0.6) is 5.75 Å². The summed E-state index contributed by atoms with van der Waals surface area (Å²) in [6.07, 6.45) is -0.680. The highest BCUT2D eigenvalue weighted by molar-refractivity contribution is 7.99. The normalized spacial score (nSPS) is 12.2. The molecule has 1 aromatic carbocycles. The van der Waals surface area contributed by atoms with Gasteiger partial charge in [0, 0.05) is 16.9 Å². The number of thioether (sulfide) groups is 1. The Balaban J connectivity index is 3.15. The summed E-state index contributed by atoms with van der Waals surface area (Å²) in [5.74, 6) is 0.514. The highest BCUT2D eigenvalue weighted by Crippen LogP contribution is 2.41. The van der Waals surface area contributed by atoms with Crippen LogP contribution >= 0.6 is 11.8 Å². The van der Waals surface area contributed by atoms with Crippen LogP contribution in [0.25, 0.3) is 0 Å². The lowest BCUT2D eigenvalue weighted by Crippen LogP contribution is -2.28. The predicted octanol–water partition coefficient (Wildman–Crippen LogP) is 5.59. The minimum atomic E-state index is -0.764. The standard InChI is InChI=1S/C26H40O7S/c1-24(2,3)18-13-17(15-20(27)31-11-12-34-16-21(28)30-10)14-19(25(4,5)6)22(18)32-23(29)33-26(7,8)9/h13-14H,11-12,15-16H2,1-10H3. The summed E-state index contributed by atoms with van der Waals surface area (Å²) >= 11 is 1.35. The Morgan fingerprint density at radius 2 is 1.38 bits per heavy atom. The molecule has 192 valence electrons. The topological polar surface area (TPSA) is 88.1 Å². The van der Waals surface area contributed by atoms with Crippen molar-refractivity contribution in [2.24, 2.45) is 0 Å². The summed E-state index contributed by atoms with van der Waals surface area (Å²) < 4.78 is 21.1. The molecule has 0 aliphatic heterocycles. The van der Waals surface area contributed by atoms with Gasteiger partial charge in [-0.3, -0.25) is 9.59 Å². The van der Waals surface area contributed by atoms with E-state index in [-0.39, 0.29) is 41.5 Å². The summed E-state index contributed by atoms with van der Waals surface area (Å²) in [7, 11) is 1.34. The number of carbonyl (C=O) groups excluding carboxylic acids is 3. The maximum Gasteiger partial charge on any atom is 0.514 e. The minimum Gasteiger partial charge on any atom is -0.468 e. The Morgan fingerprint density at radius 1 is 0.853 bits per heavy atom. The second kappa shape index (κ2) is 12.0. The van der Waals surface area contributed by atoms with Crippen molar-refractivity contribution in [3.05, 3.63) is 28.8 Å². The third-order valence-corrected chi connectivity index (χ3v) is 5.52. The molecule has 0 saturated carbocycles. The van der Waals surface area contributed by atoms with E-state index in [0.29, 0.717) is 11.5 Å². The van der Waals surface area contributed by atoms with E-state index >= 15 is 0 Å². The first-order valence-corrected chi connectivity index (χ1v) is 12.5. The molecule has 0 spiro atoms. The van der Waals surface area contributed by atoms with Crippen LogP contribution in [0.15, 0.2) is 12.1 Å². The van der Waals surface area contributed by atoms with E-state index in [0.717, 1.165) is 16.7 Å². The van der Waals surface area contributed by atoms with Crippen molar-refractivity contribution in [2.45, 2.75) is 85.2 Å². The predicted molar refractivity (Wildman–Crippen MR) is 135 cm³/mol. The number of hydrogen-bond acceptors (Lipinski definition) is 8. The molecule has 8 heteroatoms. The molecule has 7 nitrogen and oxygen atoms in total. The summed E-state index contributed by atoms with van der Waals surface area (Å²) in [6.45, 7) is 17.7. The second-order valence-corrected chi connectivity index (χ2v) is 12.2. The van der Waals surface area contributed by atoms with Gasteiger partial charge >= 0.3 is 18.1 Å². The molecule has 0 fully saturated rings. The summed E-state index contributed by atoms with van der Waals surface area (Å²) in [4.78, 5) is 36.2. The highest BCUT2D eigenvalue weighted by atomic mass is 32.2. The van der Waals surface area contributed by atoms with E-state index < -0.39 is 11.8 Å². The van der Waals surface area contributed by atoms with Gasteiger partial charge < -0.3 is 18.9 Å².